The minimum absolute atomic E-state index is 0.0324. The van der Waals surface area contributed by atoms with Gasteiger partial charge in [0, 0.05) is 26.2 Å². The summed E-state index contributed by atoms with van der Waals surface area (Å²) in [5, 5.41) is 3.05. The number of nitrogens with zero attached hydrogens (tertiary/aromatic N) is 2. The molecule has 5 heteroatoms. The van der Waals surface area contributed by atoms with Crippen molar-refractivity contribution in [3.05, 3.63) is 51.5 Å². The highest BCUT2D eigenvalue weighted by atomic mass is 32.1. The molecule has 2 aromatic rings. The maximum Gasteiger partial charge on any atom is 0.263 e. The van der Waals surface area contributed by atoms with E-state index in [-0.39, 0.29) is 5.91 Å². The Kier molecular flexibility index (Phi) is 5.86. The van der Waals surface area contributed by atoms with Crippen LogP contribution in [-0.2, 0) is 13.1 Å². The molecule has 1 fully saturated rings. The molecule has 1 aromatic carbocycles. The number of thiazole rings is 1. The number of piperidine rings is 1. The molecule has 3 rings (SSSR count). The molecule has 1 aliphatic heterocycles. The molecular formula is C20H27N3OS. The number of hydrogen-bond donors (Lipinski definition) is 1. The zero-order valence-corrected chi connectivity index (χ0v) is 16.1. The SMILES string of the molecule is Cc1ncsc1C(=O)NCc1ccccc1CN1C[C@H](C)C[C@@H](C)C1. The lowest BCUT2D eigenvalue weighted by atomic mass is 9.91. The van der Waals surface area contributed by atoms with Crippen molar-refractivity contribution >= 4 is 17.2 Å². The molecule has 0 saturated carbocycles. The number of nitrogens with one attached hydrogen (secondary N) is 1. The van der Waals surface area contributed by atoms with Gasteiger partial charge < -0.3 is 5.32 Å². The predicted octanol–water partition coefficient (Wildman–Crippen LogP) is 3.86. The topological polar surface area (TPSA) is 45.2 Å². The van der Waals surface area contributed by atoms with Crippen LogP contribution in [0.25, 0.3) is 0 Å². The number of amides is 1. The number of aryl methyl sites for hydroxylation is 1. The minimum atomic E-state index is -0.0324. The van der Waals surface area contributed by atoms with Crippen LogP contribution >= 0.6 is 11.3 Å². The molecule has 0 spiro atoms. The molecular weight excluding hydrogens is 330 g/mol. The maximum absolute atomic E-state index is 12.3. The van der Waals surface area contributed by atoms with Crippen LogP contribution in [0, 0.1) is 18.8 Å². The number of hydrogen-bond acceptors (Lipinski definition) is 4. The quantitative estimate of drug-likeness (QED) is 0.884. The van der Waals surface area contributed by atoms with Gasteiger partial charge in [-0.3, -0.25) is 9.69 Å². The minimum Gasteiger partial charge on any atom is -0.347 e. The summed E-state index contributed by atoms with van der Waals surface area (Å²) in [6, 6.07) is 8.44. The van der Waals surface area contributed by atoms with Gasteiger partial charge in [-0.25, -0.2) is 4.98 Å². The summed E-state index contributed by atoms with van der Waals surface area (Å²) in [5.41, 5.74) is 5.03. The molecule has 1 aromatic heterocycles. The molecule has 1 aliphatic rings. The lowest BCUT2D eigenvalue weighted by Crippen LogP contribution is -2.38. The molecule has 2 atom stereocenters. The summed E-state index contributed by atoms with van der Waals surface area (Å²) in [4.78, 5) is 19.7. The third kappa shape index (κ3) is 4.67. The molecule has 134 valence electrons. The number of carbonyl (C=O) groups is 1. The smallest absolute Gasteiger partial charge is 0.263 e. The molecule has 2 heterocycles. The third-order valence-electron chi connectivity index (χ3n) is 4.85. The Balaban J connectivity index is 1.65. The van der Waals surface area contributed by atoms with E-state index in [2.05, 4.69) is 47.2 Å². The van der Waals surface area contributed by atoms with Crippen LogP contribution in [-0.4, -0.2) is 28.9 Å². The van der Waals surface area contributed by atoms with Gasteiger partial charge in [-0.05, 0) is 36.3 Å². The molecule has 0 radical (unpaired) electrons. The fraction of sp³-hybridized carbons (Fsp3) is 0.500. The molecule has 1 saturated heterocycles. The average molecular weight is 358 g/mol. The Morgan fingerprint density at radius 2 is 1.92 bits per heavy atom. The highest BCUT2D eigenvalue weighted by Crippen LogP contribution is 2.23. The average Bonchev–Trinajstić information content (AvgIpc) is 2.99. The first-order valence-electron chi connectivity index (χ1n) is 9.00. The Hall–Kier alpha value is -1.72. The summed E-state index contributed by atoms with van der Waals surface area (Å²) in [5.74, 6) is 1.48. The van der Waals surface area contributed by atoms with E-state index in [1.807, 2.05) is 13.0 Å². The highest BCUT2D eigenvalue weighted by molar-refractivity contribution is 7.11. The first-order chi connectivity index (χ1) is 12.0. The van der Waals surface area contributed by atoms with Gasteiger partial charge in [0.25, 0.3) is 5.91 Å². The number of rotatable bonds is 5. The maximum atomic E-state index is 12.3. The second-order valence-corrected chi connectivity index (χ2v) is 8.21. The Morgan fingerprint density at radius 3 is 2.56 bits per heavy atom. The van der Waals surface area contributed by atoms with Gasteiger partial charge >= 0.3 is 0 Å². The number of aromatic nitrogens is 1. The Morgan fingerprint density at radius 1 is 1.24 bits per heavy atom. The number of carbonyl (C=O) groups excluding carboxylic acids is 1. The van der Waals surface area contributed by atoms with E-state index < -0.39 is 0 Å². The number of likely N-dealkylation sites (tertiary alicyclic amines) is 1. The largest absolute Gasteiger partial charge is 0.347 e. The van der Waals surface area contributed by atoms with Gasteiger partial charge in [-0.15, -0.1) is 11.3 Å². The van der Waals surface area contributed by atoms with Crippen LogP contribution < -0.4 is 5.32 Å². The summed E-state index contributed by atoms with van der Waals surface area (Å²) in [6.07, 6.45) is 1.32. The van der Waals surface area contributed by atoms with E-state index in [4.69, 9.17) is 0 Å². The normalized spacial score (nSPS) is 21.2. The first kappa shape index (κ1) is 18.1. The first-order valence-corrected chi connectivity index (χ1v) is 9.88. The van der Waals surface area contributed by atoms with Crippen molar-refractivity contribution in [2.24, 2.45) is 11.8 Å². The lowest BCUT2D eigenvalue weighted by molar-refractivity contribution is 0.0954. The molecule has 1 N–H and O–H groups in total. The van der Waals surface area contributed by atoms with Crippen molar-refractivity contribution in [2.45, 2.75) is 40.3 Å². The van der Waals surface area contributed by atoms with Crippen LogP contribution in [0.2, 0.25) is 0 Å². The van der Waals surface area contributed by atoms with Crippen molar-refractivity contribution in [1.82, 2.24) is 15.2 Å². The predicted molar refractivity (Wildman–Crippen MR) is 103 cm³/mol. The standard InChI is InChI=1S/C20H27N3OS/c1-14-8-15(2)11-23(10-14)12-18-7-5-4-6-17(18)9-21-20(24)19-16(3)22-13-25-19/h4-7,13-15H,8-12H2,1-3H3,(H,21,24)/t14-,15-/m1/s1. The monoisotopic (exact) mass is 357 g/mol. The van der Waals surface area contributed by atoms with Crippen LogP contribution in [0.1, 0.15) is 46.8 Å². The lowest BCUT2D eigenvalue weighted by Gasteiger charge is -2.35. The van der Waals surface area contributed by atoms with Crippen molar-refractivity contribution in [1.29, 1.82) is 0 Å². The molecule has 1 amide bonds. The van der Waals surface area contributed by atoms with Crippen molar-refractivity contribution in [2.75, 3.05) is 13.1 Å². The highest BCUT2D eigenvalue weighted by Gasteiger charge is 2.22. The number of benzene rings is 1. The molecule has 0 unspecified atom stereocenters. The van der Waals surface area contributed by atoms with Gasteiger partial charge in [0.05, 0.1) is 11.2 Å². The molecule has 0 bridgehead atoms. The summed E-state index contributed by atoms with van der Waals surface area (Å²) in [7, 11) is 0. The fourth-order valence-electron chi connectivity index (χ4n) is 3.82. The fourth-order valence-corrected chi connectivity index (χ4v) is 4.54. The Bertz CT molecular complexity index is 717. The molecule has 25 heavy (non-hydrogen) atoms. The van der Waals surface area contributed by atoms with Crippen LogP contribution in [0.15, 0.2) is 29.8 Å². The van der Waals surface area contributed by atoms with Gasteiger partial charge in [0.15, 0.2) is 0 Å². The summed E-state index contributed by atoms with van der Waals surface area (Å²) >= 11 is 1.39. The molecule has 0 aliphatic carbocycles. The van der Waals surface area contributed by atoms with E-state index in [9.17, 15) is 4.79 Å². The summed E-state index contributed by atoms with van der Waals surface area (Å²) in [6.45, 7) is 10.4. The van der Waals surface area contributed by atoms with Gasteiger partial charge in [0.1, 0.15) is 4.88 Å². The van der Waals surface area contributed by atoms with E-state index in [1.54, 1.807) is 5.51 Å². The zero-order valence-electron chi connectivity index (χ0n) is 15.3. The second-order valence-electron chi connectivity index (χ2n) is 7.36. The van der Waals surface area contributed by atoms with Crippen LogP contribution in [0.3, 0.4) is 0 Å². The van der Waals surface area contributed by atoms with E-state index in [1.165, 1.54) is 28.9 Å². The Labute approximate surface area is 154 Å². The second kappa shape index (κ2) is 8.11. The van der Waals surface area contributed by atoms with Crippen molar-refractivity contribution in [3.63, 3.8) is 0 Å². The van der Waals surface area contributed by atoms with Crippen LogP contribution in [0.5, 0.6) is 0 Å². The van der Waals surface area contributed by atoms with Gasteiger partial charge in [-0.1, -0.05) is 38.1 Å². The van der Waals surface area contributed by atoms with Crippen molar-refractivity contribution in [3.8, 4) is 0 Å². The third-order valence-corrected chi connectivity index (χ3v) is 5.78. The zero-order chi connectivity index (χ0) is 17.8. The van der Waals surface area contributed by atoms with Gasteiger partial charge in [0.2, 0.25) is 0 Å². The van der Waals surface area contributed by atoms with Gasteiger partial charge in [-0.2, -0.15) is 0 Å². The van der Waals surface area contributed by atoms with E-state index in [0.717, 1.165) is 37.2 Å². The molecule has 4 nitrogen and oxygen atoms in total. The van der Waals surface area contributed by atoms with Crippen molar-refractivity contribution < 1.29 is 4.79 Å². The summed E-state index contributed by atoms with van der Waals surface area (Å²) < 4.78 is 0. The van der Waals surface area contributed by atoms with E-state index in [0.29, 0.717) is 11.4 Å². The van der Waals surface area contributed by atoms with Crippen LogP contribution in [0.4, 0.5) is 0 Å². The van der Waals surface area contributed by atoms with E-state index >= 15 is 0 Å².